The lowest BCUT2D eigenvalue weighted by atomic mass is 10.3. The van der Waals surface area contributed by atoms with E-state index in [1.54, 1.807) is 0 Å². The minimum absolute atomic E-state index is 0.0459. The number of ether oxygens (including phenoxy) is 6. The number of carbonyl (C=O) groups is 1. The first kappa shape index (κ1) is 22.6. The summed E-state index contributed by atoms with van der Waals surface area (Å²) in [6, 6.07) is 8.37. The van der Waals surface area contributed by atoms with Gasteiger partial charge in [-0.3, -0.25) is 0 Å². The van der Waals surface area contributed by atoms with E-state index < -0.39 is 30.3 Å². The van der Waals surface area contributed by atoms with Crippen molar-refractivity contribution in [1.82, 2.24) is 0 Å². The standard InChI is InChI=1S/C21H22F2O8/c22-15-3-1-5-17-20(15)27-9-7-26-8-10-28-21-16(23)4-2-6-18(21)31-12-14(11-30-17)29-13-19(24)25/h1-6,14H,7-13H2,(H,24,25). The maximum absolute atomic E-state index is 14.2. The highest BCUT2D eigenvalue weighted by Gasteiger charge is 2.19. The van der Waals surface area contributed by atoms with Crippen molar-refractivity contribution >= 4 is 5.97 Å². The highest BCUT2D eigenvalue weighted by molar-refractivity contribution is 5.68. The van der Waals surface area contributed by atoms with E-state index >= 15 is 0 Å². The van der Waals surface area contributed by atoms with Gasteiger partial charge >= 0.3 is 5.97 Å². The fourth-order valence-corrected chi connectivity index (χ4v) is 2.69. The zero-order valence-corrected chi connectivity index (χ0v) is 16.6. The van der Waals surface area contributed by atoms with Gasteiger partial charge in [-0.1, -0.05) is 12.1 Å². The predicted octanol–water partition coefficient (Wildman–Crippen LogP) is 2.68. The molecule has 0 saturated carbocycles. The van der Waals surface area contributed by atoms with Crippen LogP contribution in [0.3, 0.4) is 0 Å². The number of rotatable bonds is 3. The third kappa shape index (κ3) is 6.69. The zero-order chi connectivity index (χ0) is 22.1. The maximum Gasteiger partial charge on any atom is 0.329 e. The molecule has 31 heavy (non-hydrogen) atoms. The first-order chi connectivity index (χ1) is 15.0. The molecule has 1 aliphatic heterocycles. The van der Waals surface area contributed by atoms with Crippen molar-refractivity contribution in [3.8, 4) is 23.0 Å². The highest BCUT2D eigenvalue weighted by atomic mass is 19.1. The van der Waals surface area contributed by atoms with Crippen LogP contribution in [0.15, 0.2) is 36.4 Å². The Labute approximate surface area is 177 Å². The van der Waals surface area contributed by atoms with Crippen LogP contribution >= 0.6 is 0 Å². The average molecular weight is 440 g/mol. The van der Waals surface area contributed by atoms with Gasteiger partial charge in [0.1, 0.15) is 39.1 Å². The molecule has 1 N–H and O–H groups in total. The van der Waals surface area contributed by atoms with Gasteiger partial charge in [-0.25, -0.2) is 13.6 Å². The van der Waals surface area contributed by atoms with Crippen molar-refractivity contribution in [1.29, 1.82) is 0 Å². The van der Waals surface area contributed by atoms with Gasteiger partial charge in [0, 0.05) is 0 Å². The van der Waals surface area contributed by atoms with Crippen LogP contribution in [0, 0.1) is 11.6 Å². The smallest absolute Gasteiger partial charge is 0.329 e. The Balaban J connectivity index is 1.80. The molecule has 0 aliphatic carbocycles. The van der Waals surface area contributed by atoms with Gasteiger partial charge < -0.3 is 33.5 Å². The summed E-state index contributed by atoms with van der Waals surface area (Å²) in [5, 5.41) is 8.91. The lowest BCUT2D eigenvalue weighted by molar-refractivity contribution is -0.145. The molecular weight excluding hydrogens is 418 g/mol. The molecule has 2 aromatic carbocycles. The monoisotopic (exact) mass is 440 g/mol. The van der Waals surface area contributed by atoms with Gasteiger partial charge in [-0.05, 0) is 24.3 Å². The molecule has 0 atom stereocenters. The zero-order valence-electron chi connectivity index (χ0n) is 16.6. The summed E-state index contributed by atoms with van der Waals surface area (Å²) < 4.78 is 61.1. The molecule has 3 rings (SSSR count). The van der Waals surface area contributed by atoms with Crippen molar-refractivity contribution in [3.63, 3.8) is 0 Å². The van der Waals surface area contributed by atoms with Crippen molar-refractivity contribution in [3.05, 3.63) is 48.0 Å². The summed E-state index contributed by atoms with van der Waals surface area (Å²) >= 11 is 0. The van der Waals surface area contributed by atoms with Crippen LogP contribution in [0.4, 0.5) is 8.78 Å². The first-order valence-electron chi connectivity index (χ1n) is 9.54. The summed E-state index contributed by atoms with van der Waals surface area (Å²) in [6.45, 7) is -0.573. The molecular formula is C21H22F2O8. The number of halogens is 2. The summed E-state index contributed by atoms with van der Waals surface area (Å²) in [7, 11) is 0. The number of hydrogen-bond donors (Lipinski definition) is 1. The van der Waals surface area contributed by atoms with Crippen molar-refractivity contribution in [2.24, 2.45) is 0 Å². The molecule has 0 saturated heterocycles. The molecule has 10 heteroatoms. The van der Waals surface area contributed by atoms with Crippen LogP contribution in [-0.4, -0.2) is 63.4 Å². The first-order valence-corrected chi connectivity index (χ1v) is 9.54. The van der Waals surface area contributed by atoms with Gasteiger partial charge in [-0.2, -0.15) is 0 Å². The Morgan fingerprint density at radius 1 is 0.871 bits per heavy atom. The van der Waals surface area contributed by atoms with E-state index in [9.17, 15) is 13.6 Å². The van der Waals surface area contributed by atoms with Gasteiger partial charge in [0.05, 0.1) is 13.2 Å². The van der Waals surface area contributed by atoms with Crippen LogP contribution in [-0.2, 0) is 14.3 Å². The fraction of sp³-hybridized carbons (Fsp3) is 0.381. The molecule has 0 aromatic heterocycles. The third-order valence-corrected chi connectivity index (χ3v) is 4.10. The lowest BCUT2D eigenvalue weighted by Gasteiger charge is -2.21. The average Bonchev–Trinajstić information content (AvgIpc) is 2.74. The summed E-state index contributed by atoms with van der Waals surface area (Å²) in [5.74, 6) is -2.39. The molecule has 168 valence electrons. The Morgan fingerprint density at radius 2 is 1.39 bits per heavy atom. The Hall–Kier alpha value is -3.11. The van der Waals surface area contributed by atoms with Gasteiger partial charge in [-0.15, -0.1) is 0 Å². The summed E-state index contributed by atoms with van der Waals surface area (Å²) in [5.41, 5.74) is 0. The van der Waals surface area contributed by atoms with Crippen LogP contribution < -0.4 is 18.9 Å². The Kier molecular flexibility index (Phi) is 8.25. The minimum Gasteiger partial charge on any atom is -0.487 e. The number of carboxylic acids is 1. The van der Waals surface area contributed by atoms with E-state index in [-0.39, 0.29) is 62.6 Å². The molecule has 1 aliphatic rings. The molecule has 0 amide bonds. The van der Waals surface area contributed by atoms with Gasteiger partial charge in [0.25, 0.3) is 0 Å². The van der Waals surface area contributed by atoms with E-state index in [4.69, 9.17) is 33.5 Å². The van der Waals surface area contributed by atoms with E-state index in [1.807, 2.05) is 0 Å². The van der Waals surface area contributed by atoms with Crippen LogP contribution in [0.2, 0.25) is 0 Å². The second kappa shape index (κ2) is 11.3. The van der Waals surface area contributed by atoms with Gasteiger partial charge in [0.15, 0.2) is 34.6 Å². The molecule has 0 bridgehead atoms. The predicted molar refractivity (Wildman–Crippen MR) is 103 cm³/mol. The third-order valence-electron chi connectivity index (χ3n) is 4.10. The molecule has 2 aromatic rings. The largest absolute Gasteiger partial charge is 0.487 e. The summed E-state index contributed by atoms with van der Waals surface area (Å²) in [4.78, 5) is 10.9. The number of hydrogen-bond acceptors (Lipinski definition) is 7. The normalized spacial score (nSPS) is 15.9. The van der Waals surface area contributed by atoms with Crippen molar-refractivity contribution in [2.45, 2.75) is 6.10 Å². The van der Waals surface area contributed by atoms with Crippen LogP contribution in [0.1, 0.15) is 0 Å². The highest BCUT2D eigenvalue weighted by Crippen LogP contribution is 2.32. The maximum atomic E-state index is 14.2. The number of para-hydroxylation sites is 2. The molecule has 0 spiro atoms. The second-order valence-corrected chi connectivity index (χ2v) is 6.39. The molecule has 0 radical (unpaired) electrons. The summed E-state index contributed by atoms with van der Waals surface area (Å²) in [6.07, 6.45) is -0.862. The Morgan fingerprint density at radius 3 is 1.87 bits per heavy atom. The minimum atomic E-state index is -1.18. The molecule has 1 heterocycles. The fourth-order valence-electron chi connectivity index (χ4n) is 2.69. The van der Waals surface area contributed by atoms with E-state index in [0.717, 1.165) is 0 Å². The van der Waals surface area contributed by atoms with E-state index in [0.29, 0.717) is 0 Å². The van der Waals surface area contributed by atoms with Crippen molar-refractivity contribution < 1.29 is 47.1 Å². The SMILES string of the molecule is O=C(O)COC1COc2cccc(F)c2OCCOCCOc2c(F)cccc2OC1. The quantitative estimate of drug-likeness (QED) is 0.779. The Bertz CT molecular complexity index is 815. The van der Waals surface area contributed by atoms with Crippen molar-refractivity contribution in [2.75, 3.05) is 46.2 Å². The number of benzene rings is 2. The van der Waals surface area contributed by atoms with E-state index in [2.05, 4.69) is 0 Å². The van der Waals surface area contributed by atoms with E-state index in [1.165, 1.54) is 36.4 Å². The number of aliphatic carboxylic acids is 1. The molecule has 0 unspecified atom stereocenters. The van der Waals surface area contributed by atoms with Crippen LogP contribution in [0.5, 0.6) is 23.0 Å². The number of carboxylic acid groups (broad SMARTS) is 1. The second-order valence-electron chi connectivity index (χ2n) is 6.39. The van der Waals surface area contributed by atoms with Crippen LogP contribution in [0.25, 0.3) is 0 Å². The lowest BCUT2D eigenvalue weighted by Crippen LogP contribution is -2.31. The topological polar surface area (TPSA) is 92.7 Å². The molecule has 0 fully saturated rings. The van der Waals surface area contributed by atoms with Gasteiger partial charge in [0.2, 0.25) is 0 Å². The molecule has 8 nitrogen and oxygen atoms in total. The number of fused-ring (bicyclic) bond motifs is 2.